The predicted molar refractivity (Wildman–Crippen MR) is 151 cm³/mol. The minimum Gasteiger partial charge on any atom is -0.459 e. The van der Waals surface area contributed by atoms with Gasteiger partial charge in [-0.3, -0.25) is 9.20 Å². The van der Waals surface area contributed by atoms with E-state index in [0.29, 0.717) is 27.9 Å². The lowest BCUT2D eigenvalue weighted by Crippen LogP contribution is -2.30. The standard InChI is InChI=1S/C27H24ClN5O4S2/c1-18-3-5-20(6-4-18)16-32(39(35,36)24-11-7-21(28)8-12-24)17-23-10-9-22(37-23)15-29-31-26(34)25-19(2)30-27-33(25)13-14-38-27/h3-15H,16-17H2,1-2H3,(H,31,34)/b29-15+. The SMILES string of the molecule is Cc1ccc(CN(Cc2ccc(/C=N/NC(=O)c3c(C)nc4sccn34)o2)S(=O)(=O)c2ccc(Cl)cc2)cc1. The Morgan fingerprint density at radius 1 is 1.10 bits per heavy atom. The van der Waals surface area contributed by atoms with Crippen LogP contribution in [0, 0.1) is 13.8 Å². The van der Waals surface area contributed by atoms with Crippen LogP contribution in [0.2, 0.25) is 5.02 Å². The average Bonchev–Trinajstić information content (AvgIpc) is 3.61. The number of halogens is 1. The number of fused-ring (bicyclic) bond motifs is 1. The number of imidazole rings is 1. The Kier molecular flexibility index (Phi) is 7.67. The molecule has 5 rings (SSSR count). The van der Waals surface area contributed by atoms with Gasteiger partial charge in [-0.2, -0.15) is 9.41 Å². The average molecular weight is 582 g/mol. The van der Waals surface area contributed by atoms with E-state index in [0.717, 1.165) is 16.1 Å². The molecule has 0 radical (unpaired) electrons. The quantitative estimate of drug-likeness (QED) is 0.185. The zero-order valence-corrected chi connectivity index (χ0v) is 23.4. The number of amides is 1. The van der Waals surface area contributed by atoms with Gasteiger partial charge in [0.25, 0.3) is 5.91 Å². The van der Waals surface area contributed by atoms with E-state index in [1.807, 2.05) is 36.6 Å². The van der Waals surface area contributed by atoms with Gasteiger partial charge < -0.3 is 4.42 Å². The summed E-state index contributed by atoms with van der Waals surface area (Å²) in [6.45, 7) is 3.87. The molecule has 0 bridgehead atoms. The fourth-order valence-electron chi connectivity index (χ4n) is 3.98. The van der Waals surface area contributed by atoms with Crippen molar-refractivity contribution in [2.75, 3.05) is 0 Å². The maximum Gasteiger partial charge on any atom is 0.290 e. The predicted octanol–water partition coefficient (Wildman–Crippen LogP) is 5.41. The molecule has 0 saturated heterocycles. The number of nitrogens with zero attached hydrogens (tertiary/aromatic N) is 4. The van der Waals surface area contributed by atoms with Gasteiger partial charge >= 0.3 is 0 Å². The highest BCUT2D eigenvalue weighted by Crippen LogP contribution is 2.24. The molecule has 0 aliphatic carbocycles. The van der Waals surface area contributed by atoms with E-state index in [-0.39, 0.29) is 18.0 Å². The van der Waals surface area contributed by atoms with Crippen molar-refractivity contribution in [2.45, 2.75) is 31.8 Å². The number of aromatic nitrogens is 2. The Balaban J connectivity index is 1.32. The van der Waals surface area contributed by atoms with E-state index in [2.05, 4.69) is 15.5 Å². The lowest BCUT2D eigenvalue weighted by Gasteiger charge is -2.21. The molecule has 3 aromatic heterocycles. The first-order chi connectivity index (χ1) is 18.7. The molecule has 2 aromatic carbocycles. The van der Waals surface area contributed by atoms with E-state index in [4.69, 9.17) is 16.0 Å². The fourth-order valence-corrected chi connectivity index (χ4v) is 6.26. The van der Waals surface area contributed by atoms with Crippen LogP contribution in [-0.2, 0) is 23.1 Å². The zero-order valence-electron chi connectivity index (χ0n) is 21.0. The lowest BCUT2D eigenvalue weighted by atomic mass is 10.1. The van der Waals surface area contributed by atoms with Crippen LogP contribution in [0.25, 0.3) is 4.96 Å². The fraction of sp³-hybridized carbons (Fsp3) is 0.148. The van der Waals surface area contributed by atoms with Crippen molar-refractivity contribution in [3.63, 3.8) is 0 Å². The van der Waals surface area contributed by atoms with E-state index < -0.39 is 15.9 Å². The van der Waals surface area contributed by atoms with Gasteiger partial charge in [-0.25, -0.2) is 18.8 Å². The largest absolute Gasteiger partial charge is 0.459 e. The Hall–Kier alpha value is -3.77. The number of hydrogen-bond donors (Lipinski definition) is 1. The van der Waals surface area contributed by atoms with Crippen LogP contribution in [0.5, 0.6) is 0 Å². The Morgan fingerprint density at radius 2 is 1.85 bits per heavy atom. The first kappa shape index (κ1) is 26.8. The van der Waals surface area contributed by atoms with Crippen LogP contribution in [0.1, 0.15) is 38.8 Å². The molecule has 39 heavy (non-hydrogen) atoms. The number of thiazole rings is 1. The monoisotopic (exact) mass is 581 g/mol. The number of sulfonamides is 1. The number of aryl methyl sites for hydroxylation is 2. The maximum absolute atomic E-state index is 13.5. The van der Waals surface area contributed by atoms with Gasteiger partial charge in [0.2, 0.25) is 10.0 Å². The summed E-state index contributed by atoms with van der Waals surface area (Å²) in [6, 6.07) is 17.1. The second kappa shape index (κ2) is 11.1. The molecule has 12 heteroatoms. The van der Waals surface area contributed by atoms with E-state index in [9.17, 15) is 13.2 Å². The number of hydrazone groups is 1. The summed E-state index contributed by atoms with van der Waals surface area (Å²) in [6.07, 6.45) is 3.14. The van der Waals surface area contributed by atoms with Gasteiger partial charge in [0.15, 0.2) is 4.96 Å². The normalized spacial score (nSPS) is 12.1. The van der Waals surface area contributed by atoms with Gasteiger partial charge in [-0.1, -0.05) is 41.4 Å². The molecule has 3 heterocycles. The summed E-state index contributed by atoms with van der Waals surface area (Å²) in [7, 11) is -3.87. The van der Waals surface area contributed by atoms with Crippen LogP contribution in [0.15, 0.2) is 86.7 Å². The van der Waals surface area contributed by atoms with Crippen LogP contribution in [-0.4, -0.2) is 34.2 Å². The van der Waals surface area contributed by atoms with Crippen molar-refractivity contribution in [1.29, 1.82) is 0 Å². The summed E-state index contributed by atoms with van der Waals surface area (Å²) in [5.74, 6) is 0.369. The highest BCUT2D eigenvalue weighted by molar-refractivity contribution is 7.89. The third-order valence-corrected chi connectivity index (χ3v) is 8.77. The molecule has 0 aliphatic heterocycles. The zero-order chi connectivity index (χ0) is 27.6. The van der Waals surface area contributed by atoms with Crippen LogP contribution >= 0.6 is 22.9 Å². The second-order valence-electron chi connectivity index (χ2n) is 8.82. The number of hydrogen-bond acceptors (Lipinski definition) is 7. The molecule has 0 saturated carbocycles. The van der Waals surface area contributed by atoms with E-state index in [1.165, 1.54) is 34.0 Å². The lowest BCUT2D eigenvalue weighted by molar-refractivity contribution is 0.0948. The topological polar surface area (TPSA) is 109 Å². The summed E-state index contributed by atoms with van der Waals surface area (Å²) < 4.78 is 36.0. The molecule has 9 nitrogen and oxygen atoms in total. The molecular formula is C27H24ClN5O4S2. The third kappa shape index (κ3) is 5.96. The Labute approximate surface area is 234 Å². The van der Waals surface area contributed by atoms with Gasteiger partial charge in [0.05, 0.1) is 23.3 Å². The molecule has 0 aliphatic rings. The molecular weight excluding hydrogens is 558 g/mol. The second-order valence-corrected chi connectivity index (χ2v) is 12.1. The third-order valence-electron chi connectivity index (χ3n) is 5.95. The van der Waals surface area contributed by atoms with Crippen LogP contribution < -0.4 is 5.43 Å². The highest BCUT2D eigenvalue weighted by Gasteiger charge is 2.26. The van der Waals surface area contributed by atoms with Crippen molar-refractivity contribution < 1.29 is 17.6 Å². The number of benzene rings is 2. The first-order valence-corrected chi connectivity index (χ1v) is 14.6. The molecule has 1 N–H and O–H groups in total. The van der Waals surface area contributed by atoms with Crippen molar-refractivity contribution in [1.82, 2.24) is 19.1 Å². The smallest absolute Gasteiger partial charge is 0.290 e. The Bertz CT molecular complexity index is 1750. The number of carbonyl (C=O) groups is 1. The molecule has 0 fully saturated rings. The molecule has 200 valence electrons. The van der Waals surface area contributed by atoms with Crippen LogP contribution in [0.4, 0.5) is 0 Å². The Morgan fingerprint density at radius 3 is 2.59 bits per heavy atom. The first-order valence-electron chi connectivity index (χ1n) is 11.9. The summed E-state index contributed by atoms with van der Waals surface area (Å²) in [5, 5.41) is 6.30. The van der Waals surface area contributed by atoms with Crippen molar-refractivity contribution in [3.8, 4) is 0 Å². The number of rotatable bonds is 9. The van der Waals surface area contributed by atoms with Crippen molar-refractivity contribution in [3.05, 3.63) is 111 Å². The van der Waals surface area contributed by atoms with E-state index in [1.54, 1.807) is 41.8 Å². The minimum atomic E-state index is -3.87. The number of carbonyl (C=O) groups excluding carboxylic acids is 1. The summed E-state index contributed by atoms with van der Waals surface area (Å²) in [4.78, 5) is 17.9. The van der Waals surface area contributed by atoms with Gasteiger partial charge in [0, 0.05) is 23.1 Å². The molecule has 0 unspecified atom stereocenters. The highest BCUT2D eigenvalue weighted by atomic mass is 35.5. The number of furan rings is 1. The van der Waals surface area contributed by atoms with Gasteiger partial charge in [-0.15, -0.1) is 11.3 Å². The molecule has 1 amide bonds. The molecule has 5 aromatic rings. The maximum atomic E-state index is 13.5. The molecule has 0 spiro atoms. The van der Waals surface area contributed by atoms with Gasteiger partial charge in [-0.05, 0) is 55.8 Å². The van der Waals surface area contributed by atoms with Crippen LogP contribution in [0.3, 0.4) is 0 Å². The van der Waals surface area contributed by atoms with Crippen molar-refractivity contribution in [2.24, 2.45) is 5.10 Å². The van der Waals surface area contributed by atoms with E-state index >= 15 is 0 Å². The summed E-state index contributed by atoms with van der Waals surface area (Å²) in [5.41, 5.74) is 5.42. The van der Waals surface area contributed by atoms with Crippen molar-refractivity contribution >= 4 is 50.0 Å². The molecule has 0 atom stereocenters. The van der Waals surface area contributed by atoms with Gasteiger partial charge in [0.1, 0.15) is 17.2 Å². The summed E-state index contributed by atoms with van der Waals surface area (Å²) >= 11 is 7.41. The minimum absolute atomic E-state index is 0.00973. The number of nitrogens with one attached hydrogen (secondary N) is 1.